The van der Waals surface area contributed by atoms with Gasteiger partial charge in [0, 0.05) is 22.1 Å². The number of amides is 1. The van der Waals surface area contributed by atoms with E-state index in [1.807, 2.05) is 18.2 Å². The molecular weight excluding hydrogens is 308 g/mol. The van der Waals surface area contributed by atoms with Gasteiger partial charge in [-0.1, -0.05) is 22.0 Å². The average Bonchev–Trinajstić information content (AvgIpc) is 2.92. The summed E-state index contributed by atoms with van der Waals surface area (Å²) in [5.74, 6) is 0.170. The summed E-state index contributed by atoms with van der Waals surface area (Å²) >= 11 is 3.45. The molecule has 0 aliphatic rings. The zero-order valence-electron chi connectivity index (χ0n) is 9.76. The van der Waals surface area contributed by atoms with Crippen LogP contribution in [-0.4, -0.2) is 10.9 Å². The third-order valence-corrected chi connectivity index (χ3v) is 3.41. The molecule has 4 nitrogen and oxygen atoms in total. The Bertz CT molecular complexity index is 738. The van der Waals surface area contributed by atoms with Crippen LogP contribution in [-0.2, 0) is 0 Å². The summed E-state index contributed by atoms with van der Waals surface area (Å²) in [6, 6.07) is 10.7. The lowest BCUT2D eigenvalue weighted by atomic mass is 10.1. The number of fused-ring (bicyclic) bond motifs is 1. The van der Waals surface area contributed by atoms with Crippen LogP contribution >= 0.6 is 15.9 Å². The van der Waals surface area contributed by atoms with E-state index in [-0.39, 0.29) is 5.91 Å². The van der Waals surface area contributed by atoms with Crippen LogP contribution in [0, 0.1) is 0 Å². The molecule has 2 aromatic heterocycles. The highest BCUT2D eigenvalue weighted by Crippen LogP contribution is 2.25. The maximum absolute atomic E-state index is 12.2. The first-order valence-electron chi connectivity index (χ1n) is 5.64. The highest BCUT2D eigenvalue weighted by atomic mass is 79.9. The minimum absolute atomic E-state index is 0.244. The number of aromatic nitrogens is 1. The lowest BCUT2D eigenvalue weighted by molar-refractivity contribution is 0.102. The van der Waals surface area contributed by atoms with Gasteiger partial charge >= 0.3 is 0 Å². The minimum Gasteiger partial charge on any atom is -0.449 e. The number of furan rings is 1. The summed E-state index contributed by atoms with van der Waals surface area (Å²) in [4.78, 5) is 16.5. The zero-order chi connectivity index (χ0) is 13.2. The van der Waals surface area contributed by atoms with Crippen molar-refractivity contribution >= 4 is 38.6 Å². The summed E-state index contributed by atoms with van der Waals surface area (Å²) in [7, 11) is 0. The molecule has 19 heavy (non-hydrogen) atoms. The number of hydrogen-bond acceptors (Lipinski definition) is 3. The van der Waals surface area contributed by atoms with Gasteiger partial charge in [-0.05, 0) is 24.3 Å². The van der Waals surface area contributed by atoms with Crippen molar-refractivity contribution in [2.24, 2.45) is 0 Å². The molecule has 0 aliphatic carbocycles. The third-order valence-electron chi connectivity index (χ3n) is 2.72. The molecule has 1 aromatic carbocycles. The van der Waals surface area contributed by atoms with Crippen molar-refractivity contribution in [1.82, 2.24) is 4.98 Å². The first-order chi connectivity index (χ1) is 9.25. The molecule has 1 amide bonds. The van der Waals surface area contributed by atoms with E-state index in [4.69, 9.17) is 4.42 Å². The number of anilines is 1. The SMILES string of the molecule is O=C(Nc1ccco1)c1ccc(Br)c2cccnc12. The van der Waals surface area contributed by atoms with Gasteiger partial charge in [0.05, 0.1) is 17.3 Å². The Morgan fingerprint density at radius 2 is 2.11 bits per heavy atom. The Balaban J connectivity index is 2.05. The number of halogens is 1. The Labute approximate surface area is 117 Å². The fourth-order valence-electron chi connectivity index (χ4n) is 1.85. The molecule has 0 saturated carbocycles. The third kappa shape index (κ3) is 2.24. The van der Waals surface area contributed by atoms with Crippen LogP contribution in [0.1, 0.15) is 10.4 Å². The van der Waals surface area contributed by atoms with E-state index in [1.54, 1.807) is 24.4 Å². The normalized spacial score (nSPS) is 10.6. The van der Waals surface area contributed by atoms with E-state index >= 15 is 0 Å². The predicted molar refractivity (Wildman–Crippen MR) is 76.1 cm³/mol. The van der Waals surface area contributed by atoms with Crippen molar-refractivity contribution in [2.45, 2.75) is 0 Å². The molecule has 94 valence electrons. The number of carbonyl (C=O) groups is 1. The number of benzene rings is 1. The van der Waals surface area contributed by atoms with Crippen molar-refractivity contribution in [3.05, 3.63) is 58.9 Å². The van der Waals surface area contributed by atoms with Crippen LogP contribution in [0.15, 0.2) is 57.7 Å². The Hall–Kier alpha value is -2.14. The Morgan fingerprint density at radius 1 is 1.21 bits per heavy atom. The lowest BCUT2D eigenvalue weighted by Crippen LogP contribution is -2.12. The van der Waals surface area contributed by atoms with Gasteiger partial charge in [-0.3, -0.25) is 15.1 Å². The Morgan fingerprint density at radius 3 is 2.89 bits per heavy atom. The molecule has 1 N–H and O–H groups in total. The van der Waals surface area contributed by atoms with Gasteiger partial charge in [0.2, 0.25) is 0 Å². The second-order valence-electron chi connectivity index (χ2n) is 3.93. The lowest BCUT2D eigenvalue weighted by Gasteiger charge is -2.06. The zero-order valence-corrected chi connectivity index (χ0v) is 11.3. The maximum atomic E-state index is 12.2. The first kappa shape index (κ1) is 11.9. The van der Waals surface area contributed by atoms with Crippen LogP contribution in [0.3, 0.4) is 0 Å². The summed E-state index contributed by atoms with van der Waals surface area (Å²) < 4.78 is 6.01. The summed E-state index contributed by atoms with van der Waals surface area (Å²) in [5.41, 5.74) is 1.16. The standard InChI is InChI=1S/C14H9BrN2O2/c15-11-6-5-10(13-9(11)3-1-7-16-13)14(18)17-12-4-2-8-19-12/h1-8H,(H,17,18). The largest absolute Gasteiger partial charge is 0.449 e. The average molecular weight is 317 g/mol. The fraction of sp³-hybridized carbons (Fsp3) is 0. The molecule has 0 unspecified atom stereocenters. The number of rotatable bonds is 2. The predicted octanol–water partition coefficient (Wildman–Crippen LogP) is 3.84. The van der Waals surface area contributed by atoms with Crippen molar-refractivity contribution in [1.29, 1.82) is 0 Å². The molecule has 5 heteroatoms. The second kappa shape index (κ2) is 4.85. The minimum atomic E-state index is -0.244. The first-order valence-corrected chi connectivity index (χ1v) is 6.43. The van der Waals surface area contributed by atoms with E-state index in [1.165, 1.54) is 6.26 Å². The van der Waals surface area contributed by atoms with Crippen LogP contribution in [0.5, 0.6) is 0 Å². The molecule has 3 rings (SSSR count). The van der Waals surface area contributed by atoms with E-state index in [9.17, 15) is 4.79 Å². The van der Waals surface area contributed by atoms with E-state index in [0.717, 1.165) is 9.86 Å². The smallest absolute Gasteiger partial charge is 0.260 e. The molecule has 3 aromatic rings. The van der Waals surface area contributed by atoms with Crippen molar-refractivity contribution in [2.75, 3.05) is 5.32 Å². The molecule has 0 bridgehead atoms. The molecular formula is C14H9BrN2O2. The Kier molecular flexibility index (Phi) is 3.05. The molecule has 0 radical (unpaired) electrons. The molecule has 0 aliphatic heterocycles. The number of nitrogens with one attached hydrogen (secondary N) is 1. The van der Waals surface area contributed by atoms with E-state index in [2.05, 4.69) is 26.2 Å². The molecule has 2 heterocycles. The molecule has 0 saturated heterocycles. The summed E-state index contributed by atoms with van der Waals surface area (Å²) in [6.07, 6.45) is 3.17. The van der Waals surface area contributed by atoms with Crippen molar-refractivity contribution in [3.8, 4) is 0 Å². The van der Waals surface area contributed by atoms with Gasteiger partial charge in [0.1, 0.15) is 0 Å². The van der Waals surface area contributed by atoms with Gasteiger partial charge in [0.15, 0.2) is 5.88 Å². The fourth-order valence-corrected chi connectivity index (χ4v) is 2.30. The van der Waals surface area contributed by atoms with Gasteiger partial charge in [-0.25, -0.2) is 0 Å². The van der Waals surface area contributed by atoms with Crippen LogP contribution in [0.4, 0.5) is 5.88 Å². The molecule has 0 fully saturated rings. The molecule has 0 atom stereocenters. The van der Waals surface area contributed by atoms with Crippen molar-refractivity contribution in [3.63, 3.8) is 0 Å². The number of nitrogens with zero attached hydrogens (tertiary/aromatic N) is 1. The van der Waals surface area contributed by atoms with Crippen molar-refractivity contribution < 1.29 is 9.21 Å². The number of hydrogen-bond donors (Lipinski definition) is 1. The second-order valence-corrected chi connectivity index (χ2v) is 4.78. The van der Waals surface area contributed by atoms with Crippen LogP contribution in [0.2, 0.25) is 0 Å². The molecule has 0 spiro atoms. The summed E-state index contributed by atoms with van der Waals surface area (Å²) in [6.45, 7) is 0. The van der Waals surface area contributed by atoms with Crippen LogP contribution in [0.25, 0.3) is 10.9 Å². The van der Waals surface area contributed by atoms with Gasteiger partial charge in [-0.2, -0.15) is 0 Å². The van der Waals surface area contributed by atoms with E-state index < -0.39 is 0 Å². The summed E-state index contributed by atoms with van der Waals surface area (Å²) in [5, 5.41) is 3.59. The maximum Gasteiger partial charge on any atom is 0.260 e. The topological polar surface area (TPSA) is 55.1 Å². The highest BCUT2D eigenvalue weighted by Gasteiger charge is 2.13. The highest BCUT2D eigenvalue weighted by molar-refractivity contribution is 9.10. The van der Waals surface area contributed by atoms with E-state index in [0.29, 0.717) is 17.0 Å². The van der Waals surface area contributed by atoms with Crippen LogP contribution < -0.4 is 5.32 Å². The van der Waals surface area contributed by atoms with Gasteiger partial charge in [-0.15, -0.1) is 0 Å². The van der Waals surface area contributed by atoms with Gasteiger partial charge < -0.3 is 4.42 Å². The van der Waals surface area contributed by atoms with Gasteiger partial charge in [0.25, 0.3) is 5.91 Å². The quantitative estimate of drug-likeness (QED) is 0.781. The number of pyridine rings is 1. The number of carbonyl (C=O) groups excluding carboxylic acids is 1. The monoisotopic (exact) mass is 316 g/mol.